The van der Waals surface area contributed by atoms with Crippen molar-refractivity contribution in [2.24, 2.45) is 0 Å². The standard InChI is InChI=1S/C16H32N2O3S/c1-15(2,18-14(20)8-12-22-6)10-11-21-16(3,4)9-7-13(19)17-5/h7-12H2,1-6H3,(H,17,19)(H,18,20). The summed E-state index contributed by atoms with van der Waals surface area (Å²) in [6.45, 7) is 8.53. The van der Waals surface area contributed by atoms with Crippen molar-refractivity contribution in [3.63, 3.8) is 0 Å². The first-order valence-corrected chi connectivity index (χ1v) is 9.16. The smallest absolute Gasteiger partial charge is 0.221 e. The monoisotopic (exact) mass is 332 g/mol. The molecule has 0 saturated carbocycles. The van der Waals surface area contributed by atoms with E-state index in [9.17, 15) is 9.59 Å². The third kappa shape index (κ3) is 10.9. The van der Waals surface area contributed by atoms with Crippen molar-refractivity contribution >= 4 is 23.6 Å². The SMILES string of the molecule is CNC(=O)CCC(C)(C)OCCC(C)(C)NC(=O)CCSC. The highest BCUT2D eigenvalue weighted by molar-refractivity contribution is 7.98. The van der Waals surface area contributed by atoms with E-state index in [1.54, 1.807) is 18.8 Å². The summed E-state index contributed by atoms with van der Waals surface area (Å²) in [6, 6.07) is 0. The molecule has 5 nitrogen and oxygen atoms in total. The highest BCUT2D eigenvalue weighted by atomic mass is 32.2. The van der Waals surface area contributed by atoms with Crippen LogP contribution in [0.5, 0.6) is 0 Å². The van der Waals surface area contributed by atoms with Crippen LogP contribution in [0.2, 0.25) is 0 Å². The van der Waals surface area contributed by atoms with Gasteiger partial charge in [-0.15, -0.1) is 0 Å². The van der Waals surface area contributed by atoms with Gasteiger partial charge in [-0.2, -0.15) is 11.8 Å². The van der Waals surface area contributed by atoms with Crippen LogP contribution in [0.1, 0.15) is 53.4 Å². The maximum absolute atomic E-state index is 11.8. The molecule has 0 aliphatic heterocycles. The second kappa shape index (κ2) is 10.1. The van der Waals surface area contributed by atoms with Gasteiger partial charge in [0, 0.05) is 37.8 Å². The molecule has 0 atom stereocenters. The Morgan fingerprint density at radius 3 is 2.23 bits per heavy atom. The molecule has 0 heterocycles. The number of amides is 2. The number of carbonyl (C=O) groups is 2. The van der Waals surface area contributed by atoms with Crippen LogP contribution in [0.3, 0.4) is 0 Å². The molecule has 0 fully saturated rings. The van der Waals surface area contributed by atoms with E-state index in [4.69, 9.17) is 4.74 Å². The second-order valence-electron chi connectivity index (χ2n) is 6.71. The number of rotatable bonds is 11. The van der Waals surface area contributed by atoms with Crippen molar-refractivity contribution in [1.82, 2.24) is 10.6 Å². The summed E-state index contributed by atoms with van der Waals surface area (Å²) in [7, 11) is 1.64. The molecule has 2 amide bonds. The Morgan fingerprint density at radius 2 is 1.68 bits per heavy atom. The lowest BCUT2D eigenvalue weighted by Gasteiger charge is -2.30. The van der Waals surface area contributed by atoms with Gasteiger partial charge in [0.15, 0.2) is 0 Å². The largest absolute Gasteiger partial charge is 0.375 e. The highest BCUT2D eigenvalue weighted by Crippen LogP contribution is 2.19. The van der Waals surface area contributed by atoms with Gasteiger partial charge in [-0.1, -0.05) is 0 Å². The Bertz CT molecular complexity index is 357. The molecule has 130 valence electrons. The molecule has 0 saturated heterocycles. The van der Waals surface area contributed by atoms with E-state index in [0.29, 0.717) is 25.9 Å². The second-order valence-corrected chi connectivity index (χ2v) is 7.69. The zero-order valence-corrected chi connectivity index (χ0v) is 15.7. The summed E-state index contributed by atoms with van der Waals surface area (Å²) in [4.78, 5) is 23.1. The fourth-order valence-corrected chi connectivity index (χ4v) is 2.28. The summed E-state index contributed by atoms with van der Waals surface area (Å²) >= 11 is 1.67. The number of ether oxygens (including phenoxy) is 1. The lowest BCUT2D eigenvalue weighted by molar-refractivity contribution is -0.124. The minimum Gasteiger partial charge on any atom is -0.375 e. The van der Waals surface area contributed by atoms with Gasteiger partial charge in [-0.25, -0.2) is 0 Å². The molecule has 0 radical (unpaired) electrons. The van der Waals surface area contributed by atoms with E-state index in [0.717, 1.165) is 12.2 Å². The molecule has 0 aromatic rings. The molecular weight excluding hydrogens is 300 g/mol. The van der Waals surface area contributed by atoms with Crippen LogP contribution < -0.4 is 10.6 Å². The van der Waals surface area contributed by atoms with Gasteiger partial charge in [0.1, 0.15) is 0 Å². The van der Waals surface area contributed by atoms with Crippen molar-refractivity contribution in [3.05, 3.63) is 0 Å². The minimum absolute atomic E-state index is 0.0260. The first-order valence-electron chi connectivity index (χ1n) is 7.76. The molecule has 0 unspecified atom stereocenters. The van der Waals surface area contributed by atoms with Crippen molar-refractivity contribution in [3.8, 4) is 0 Å². The Hall–Kier alpha value is -0.750. The summed E-state index contributed by atoms with van der Waals surface area (Å²) in [5.41, 5.74) is -0.627. The van der Waals surface area contributed by atoms with E-state index in [-0.39, 0.29) is 23.0 Å². The predicted molar refractivity (Wildman–Crippen MR) is 93.2 cm³/mol. The van der Waals surface area contributed by atoms with Crippen molar-refractivity contribution in [2.75, 3.05) is 25.7 Å². The van der Waals surface area contributed by atoms with Crippen LogP contribution >= 0.6 is 11.8 Å². The van der Waals surface area contributed by atoms with Gasteiger partial charge in [-0.3, -0.25) is 9.59 Å². The fourth-order valence-electron chi connectivity index (χ4n) is 1.89. The van der Waals surface area contributed by atoms with Crippen molar-refractivity contribution in [1.29, 1.82) is 0 Å². The fraction of sp³-hybridized carbons (Fsp3) is 0.875. The summed E-state index contributed by atoms with van der Waals surface area (Å²) < 4.78 is 5.89. The molecule has 6 heteroatoms. The molecule has 2 N–H and O–H groups in total. The first-order chi connectivity index (χ1) is 10.1. The third-order valence-corrected chi connectivity index (χ3v) is 4.08. The van der Waals surface area contributed by atoms with Crippen LogP contribution in [-0.2, 0) is 14.3 Å². The quantitative estimate of drug-likeness (QED) is 0.609. The van der Waals surface area contributed by atoms with Gasteiger partial charge in [0.05, 0.1) is 5.60 Å². The molecule has 22 heavy (non-hydrogen) atoms. The molecule has 0 spiro atoms. The predicted octanol–water partition coefficient (Wildman–Crippen LogP) is 2.35. The van der Waals surface area contributed by atoms with E-state index in [1.165, 1.54) is 0 Å². The molecular formula is C16H32N2O3S. The topological polar surface area (TPSA) is 67.4 Å². The van der Waals surface area contributed by atoms with Crippen LogP contribution in [0.4, 0.5) is 0 Å². The lowest BCUT2D eigenvalue weighted by atomic mass is 9.99. The van der Waals surface area contributed by atoms with E-state index >= 15 is 0 Å². The molecule has 0 aromatic carbocycles. The Morgan fingerprint density at radius 1 is 1.05 bits per heavy atom. The first kappa shape index (κ1) is 21.2. The van der Waals surface area contributed by atoms with Gasteiger partial charge in [0.25, 0.3) is 0 Å². The van der Waals surface area contributed by atoms with Crippen LogP contribution in [0, 0.1) is 0 Å². The molecule has 0 rings (SSSR count). The van der Waals surface area contributed by atoms with Gasteiger partial charge in [-0.05, 0) is 46.8 Å². The molecule has 0 aliphatic carbocycles. The number of carbonyl (C=O) groups excluding carboxylic acids is 2. The van der Waals surface area contributed by atoms with Crippen molar-refractivity contribution < 1.29 is 14.3 Å². The van der Waals surface area contributed by atoms with E-state index in [2.05, 4.69) is 10.6 Å². The zero-order chi connectivity index (χ0) is 17.2. The number of hydrogen-bond donors (Lipinski definition) is 2. The van der Waals surface area contributed by atoms with E-state index in [1.807, 2.05) is 34.0 Å². The van der Waals surface area contributed by atoms with Gasteiger partial charge >= 0.3 is 0 Å². The summed E-state index contributed by atoms with van der Waals surface area (Å²) in [5.74, 6) is 0.946. The zero-order valence-electron chi connectivity index (χ0n) is 14.9. The Balaban J connectivity index is 4.09. The molecule has 0 aromatic heterocycles. The highest BCUT2D eigenvalue weighted by Gasteiger charge is 2.24. The van der Waals surface area contributed by atoms with Gasteiger partial charge in [0.2, 0.25) is 11.8 Å². The third-order valence-electron chi connectivity index (χ3n) is 3.46. The molecule has 0 bridgehead atoms. The minimum atomic E-state index is -0.342. The summed E-state index contributed by atoms with van der Waals surface area (Å²) in [5, 5.41) is 5.65. The average molecular weight is 333 g/mol. The number of nitrogens with one attached hydrogen (secondary N) is 2. The molecule has 0 aliphatic rings. The maximum Gasteiger partial charge on any atom is 0.221 e. The number of thioether (sulfide) groups is 1. The van der Waals surface area contributed by atoms with Crippen molar-refractivity contribution in [2.45, 2.75) is 64.5 Å². The lowest BCUT2D eigenvalue weighted by Crippen LogP contribution is -2.44. The van der Waals surface area contributed by atoms with E-state index < -0.39 is 0 Å². The maximum atomic E-state index is 11.8. The Labute approximate surface area is 139 Å². The normalized spacial score (nSPS) is 12.1. The average Bonchev–Trinajstić information content (AvgIpc) is 2.41. The van der Waals surface area contributed by atoms with Gasteiger partial charge < -0.3 is 15.4 Å². The number of hydrogen-bond acceptors (Lipinski definition) is 4. The summed E-state index contributed by atoms with van der Waals surface area (Å²) in [6.07, 6.45) is 4.41. The Kier molecular flexibility index (Phi) is 9.76. The van der Waals surface area contributed by atoms with Crippen LogP contribution in [-0.4, -0.2) is 48.6 Å². The van der Waals surface area contributed by atoms with Crippen LogP contribution in [0.25, 0.3) is 0 Å². The van der Waals surface area contributed by atoms with Crippen LogP contribution in [0.15, 0.2) is 0 Å².